The van der Waals surface area contributed by atoms with Crippen LogP contribution >= 0.6 is 11.3 Å². The van der Waals surface area contributed by atoms with Gasteiger partial charge >= 0.3 is 0 Å². The number of thiazole rings is 1. The van der Waals surface area contributed by atoms with Crippen LogP contribution in [0.5, 0.6) is 0 Å². The van der Waals surface area contributed by atoms with Crippen LogP contribution in [-0.4, -0.2) is 19.4 Å². The summed E-state index contributed by atoms with van der Waals surface area (Å²) in [4.78, 5) is 14.8. The molecule has 0 spiro atoms. The molecule has 1 aromatic heterocycles. The SMILES string of the molecule is O=C([O-])c1ccc(S(=O)(=O)Nc2nc3ccccc3s2)cc1. The molecule has 8 heteroatoms. The zero-order valence-corrected chi connectivity index (χ0v) is 12.6. The average Bonchev–Trinajstić information content (AvgIpc) is 2.88. The number of para-hydroxylation sites is 1. The second-order valence-corrected chi connectivity index (χ2v) is 7.12. The van der Waals surface area contributed by atoms with Crippen molar-refractivity contribution in [1.29, 1.82) is 0 Å². The molecule has 3 aromatic rings. The number of anilines is 1. The summed E-state index contributed by atoms with van der Waals surface area (Å²) in [5.41, 5.74) is 0.622. The molecule has 0 atom stereocenters. The van der Waals surface area contributed by atoms with E-state index in [0.29, 0.717) is 5.52 Å². The van der Waals surface area contributed by atoms with Crippen molar-refractivity contribution in [3.63, 3.8) is 0 Å². The predicted molar refractivity (Wildman–Crippen MR) is 81.2 cm³/mol. The van der Waals surface area contributed by atoms with Crippen LogP contribution in [0.15, 0.2) is 53.4 Å². The minimum absolute atomic E-state index is 0.0447. The summed E-state index contributed by atoms with van der Waals surface area (Å²) in [6.45, 7) is 0. The number of aromatic carboxylic acids is 1. The number of carboxylic acid groups (broad SMARTS) is 1. The van der Waals surface area contributed by atoms with Crippen LogP contribution in [-0.2, 0) is 10.0 Å². The van der Waals surface area contributed by atoms with Crippen molar-refractivity contribution in [1.82, 2.24) is 4.98 Å². The van der Waals surface area contributed by atoms with Crippen LogP contribution in [0.2, 0.25) is 0 Å². The molecule has 0 amide bonds. The molecule has 0 fully saturated rings. The number of nitrogens with one attached hydrogen (secondary N) is 1. The summed E-state index contributed by atoms with van der Waals surface area (Å²) in [5.74, 6) is -1.36. The molecule has 6 nitrogen and oxygen atoms in total. The average molecular weight is 333 g/mol. The smallest absolute Gasteiger partial charge is 0.263 e. The highest BCUT2D eigenvalue weighted by Gasteiger charge is 2.16. The van der Waals surface area contributed by atoms with Gasteiger partial charge in [0.1, 0.15) is 0 Å². The Morgan fingerprint density at radius 1 is 1.09 bits per heavy atom. The molecule has 112 valence electrons. The van der Waals surface area contributed by atoms with Gasteiger partial charge in [0.15, 0.2) is 5.13 Å². The van der Waals surface area contributed by atoms with E-state index in [-0.39, 0.29) is 15.6 Å². The van der Waals surface area contributed by atoms with Gasteiger partial charge in [-0.25, -0.2) is 13.4 Å². The van der Waals surface area contributed by atoms with Crippen molar-refractivity contribution in [2.75, 3.05) is 4.72 Å². The van der Waals surface area contributed by atoms with Gasteiger partial charge in [0.25, 0.3) is 10.0 Å². The van der Waals surface area contributed by atoms with E-state index in [0.717, 1.165) is 4.70 Å². The molecule has 0 saturated carbocycles. The molecule has 0 bridgehead atoms. The molecule has 22 heavy (non-hydrogen) atoms. The Balaban J connectivity index is 1.90. The summed E-state index contributed by atoms with van der Waals surface area (Å²) in [7, 11) is -3.82. The number of fused-ring (bicyclic) bond motifs is 1. The number of carbonyl (C=O) groups excluding carboxylic acids is 1. The number of sulfonamides is 1. The molecule has 2 aromatic carbocycles. The highest BCUT2D eigenvalue weighted by Crippen LogP contribution is 2.27. The van der Waals surface area contributed by atoms with E-state index < -0.39 is 16.0 Å². The zero-order chi connectivity index (χ0) is 15.7. The number of rotatable bonds is 4. The lowest BCUT2D eigenvalue weighted by atomic mass is 10.2. The Kier molecular flexibility index (Phi) is 3.55. The number of hydrogen-bond donors (Lipinski definition) is 1. The highest BCUT2D eigenvalue weighted by atomic mass is 32.2. The van der Waals surface area contributed by atoms with Crippen molar-refractivity contribution in [3.05, 3.63) is 54.1 Å². The van der Waals surface area contributed by atoms with Gasteiger partial charge in [-0.05, 0) is 29.8 Å². The lowest BCUT2D eigenvalue weighted by Gasteiger charge is -2.06. The topological polar surface area (TPSA) is 99.2 Å². The first kappa shape index (κ1) is 14.5. The second kappa shape index (κ2) is 5.39. The fourth-order valence-electron chi connectivity index (χ4n) is 1.86. The molecular formula is C14H9N2O4S2-. The Bertz CT molecular complexity index is 913. The number of aromatic nitrogens is 1. The second-order valence-electron chi connectivity index (χ2n) is 4.40. The number of benzene rings is 2. The van der Waals surface area contributed by atoms with Crippen molar-refractivity contribution in [2.24, 2.45) is 0 Å². The maximum Gasteiger partial charge on any atom is 0.263 e. The molecule has 0 aliphatic rings. The van der Waals surface area contributed by atoms with E-state index in [1.807, 2.05) is 18.2 Å². The van der Waals surface area contributed by atoms with Gasteiger partial charge in [-0.15, -0.1) is 0 Å². The number of hydrogen-bond acceptors (Lipinski definition) is 6. The Morgan fingerprint density at radius 2 is 1.77 bits per heavy atom. The van der Waals surface area contributed by atoms with Gasteiger partial charge < -0.3 is 9.90 Å². The van der Waals surface area contributed by atoms with Gasteiger partial charge in [0.2, 0.25) is 0 Å². The Labute approximate surface area is 130 Å². The van der Waals surface area contributed by atoms with Crippen LogP contribution in [0.4, 0.5) is 5.13 Å². The normalized spacial score (nSPS) is 11.5. The number of carboxylic acids is 1. The van der Waals surface area contributed by atoms with Gasteiger partial charge in [-0.2, -0.15) is 0 Å². The van der Waals surface area contributed by atoms with E-state index in [1.54, 1.807) is 6.07 Å². The first-order valence-electron chi connectivity index (χ1n) is 6.15. The van der Waals surface area contributed by atoms with E-state index in [1.165, 1.54) is 35.6 Å². The largest absolute Gasteiger partial charge is 0.545 e. The maximum atomic E-state index is 12.3. The molecule has 1 heterocycles. The third kappa shape index (κ3) is 2.78. The lowest BCUT2D eigenvalue weighted by Crippen LogP contribution is -2.22. The summed E-state index contributed by atoms with van der Waals surface area (Å²) in [6, 6.07) is 12.1. The Morgan fingerprint density at radius 3 is 2.41 bits per heavy atom. The van der Waals surface area contributed by atoms with Crippen LogP contribution in [0.1, 0.15) is 10.4 Å². The number of carbonyl (C=O) groups is 1. The third-order valence-corrected chi connectivity index (χ3v) is 5.35. The lowest BCUT2D eigenvalue weighted by molar-refractivity contribution is -0.255. The van der Waals surface area contributed by atoms with Crippen LogP contribution in [0.3, 0.4) is 0 Å². The van der Waals surface area contributed by atoms with Crippen LogP contribution in [0, 0.1) is 0 Å². The fourth-order valence-corrected chi connectivity index (χ4v) is 3.96. The molecule has 0 unspecified atom stereocenters. The summed E-state index contributed by atoms with van der Waals surface area (Å²) >= 11 is 1.22. The first-order valence-corrected chi connectivity index (χ1v) is 8.45. The first-order chi connectivity index (χ1) is 10.5. The minimum Gasteiger partial charge on any atom is -0.545 e. The molecule has 0 aliphatic heterocycles. The molecule has 0 aliphatic carbocycles. The highest BCUT2D eigenvalue weighted by molar-refractivity contribution is 7.93. The van der Waals surface area contributed by atoms with Crippen molar-refractivity contribution < 1.29 is 18.3 Å². The summed E-state index contributed by atoms with van der Waals surface area (Å²) in [5, 5.41) is 10.9. The summed E-state index contributed by atoms with van der Waals surface area (Å²) < 4.78 is 27.8. The van der Waals surface area contributed by atoms with E-state index in [2.05, 4.69) is 9.71 Å². The maximum absolute atomic E-state index is 12.3. The monoisotopic (exact) mass is 333 g/mol. The van der Waals surface area contributed by atoms with Gasteiger partial charge in [0.05, 0.1) is 21.1 Å². The van der Waals surface area contributed by atoms with Crippen molar-refractivity contribution >= 4 is 42.7 Å². The van der Waals surface area contributed by atoms with Gasteiger partial charge in [0, 0.05) is 0 Å². The predicted octanol–water partition coefficient (Wildman–Crippen LogP) is 1.46. The zero-order valence-electron chi connectivity index (χ0n) is 11.0. The Hall–Kier alpha value is -2.45. The van der Waals surface area contributed by atoms with Crippen LogP contribution < -0.4 is 9.83 Å². The van der Waals surface area contributed by atoms with E-state index in [9.17, 15) is 18.3 Å². The standard InChI is InChI=1S/C14H10N2O4S2/c17-13(18)9-5-7-10(8-6-9)22(19,20)16-14-15-11-3-1-2-4-12(11)21-14/h1-8H,(H,15,16)(H,17,18)/p-1. The molecule has 1 N–H and O–H groups in total. The molecule has 0 radical (unpaired) electrons. The molecular weight excluding hydrogens is 324 g/mol. The van der Waals surface area contributed by atoms with Crippen LogP contribution in [0.25, 0.3) is 10.2 Å². The fraction of sp³-hybridized carbons (Fsp3) is 0. The van der Waals surface area contributed by atoms with Crippen molar-refractivity contribution in [3.8, 4) is 0 Å². The molecule has 0 saturated heterocycles. The number of nitrogens with zero attached hydrogens (tertiary/aromatic N) is 1. The van der Waals surface area contributed by atoms with Gasteiger partial charge in [-0.3, -0.25) is 4.72 Å². The molecule has 3 rings (SSSR count). The van der Waals surface area contributed by atoms with E-state index >= 15 is 0 Å². The minimum atomic E-state index is -3.82. The third-order valence-electron chi connectivity index (χ3n) is 2.92. The summed E-state index contributed by atoms with van der Waals surface area (Å²) in [6.07, 6.45) is 0. The van der Waals surface area contributed by atoms with Gasteiger partial charge in [-0.1, -0.05) is 35.6 Å². The van der Waals surface area contributed by atoms with E-state index in [4.69, 9.17) is 0 Å². The quantitative estimate of drug-likeness (QED) is 0.779. The van der Waals surface area contributed by atoms with Crippen molar-refractivity contribution in [2.45, 2.75) is 4.90 Å².